The van der Waals surface area contributed by atoms with Crippen molar-refractivity contribution in [2.45, 2.75) is 71.4 Å². The van der Waals surface area contributed by atoms with Gasteiger partial charge in [0.15, 0.2) is 5.43 Å². The van der Waals surface area contributed by atoms with Crippen molar-refractivity contribution in [2.24, 2.45) is 0 Å². The highest BCUT2D eigenvalue weighted by atomic mass is 32.1. The maximum Gasteiger partial charge on any atom is 0.331 e. The number of aromatic nitrogens is 2. The number of fused-ring (bicyclic) bond motifs is 1. The van der Waals surface area contributed by atoms with Crippen molar-refractivity contribution in [2.75, 3.05) is 0 Å². The number of pyridine rings is 1. The predicted molar refractivity (Wildman–Crippen MR) is 130 cm³/mol. The lowest BCUT2D eigenvalue weighted by Crippen LogP contribution is -2.22. The second-order valence-corrected chi connectivity index (χ2v) is 10.8. The first-order chi connectivity index (χ1) is 15.5. The van der Waals surface area contributed by atoms with Gasteiger partial charge in [-0.05, 0) is 63.3 Å². The standard InChI is InChI=1S/C26H29FN2O3S/c1-15(2)21-14-33-23(28-21)11-17-10-22-19(12-20(17)27)25(31)16(13-29(22)18-7-8-18)6-9-24(30)32-26(3,4)5/h6,9-10,12-15,18H,7-8,11H2,1-5H3/b9-6-. The Bertz CT molecular complexity index is 1290. The van der Waals surface area contributed by atoms with Crippen LogP contribution in [0.15, 0.2) is 34.6 Å². The summed E-state index contributed by atoms with van der Waals surface area (Å²) in [6.45, 7) is 9.51. The lowest BCUT2D eigenvalue weighted by Gasteiger charge is -2.18. The van der Waals surface area contributed by atoms with Crippen molar-refractivity contribution in [1.29, 1.82) is 0 Å². The fraction of sp³-hybridized carbons (Fsp3) is 0.423. The summed E-state index contributed by atoms with van der Waals surface area (Å²) >= 11 is 1.53. The van der Waals surface area contributed by atoms with Gasteiger partial charge in [0.1, 0.15) is 11.4 Å². The predicted octanol–water partition coefficient (Wildman–Crippen LogP) is 6.00. The number of hydrogen-bond acceptors (Lipinski definition) is 5. The van der Waals surface area contributed by atoms with Crippen LogP contribution in [-0.2, 0) is 16.0 Å². The minimum Gasteiger partial charge on any atom is -0.457 e. The SMILES string of the molecule is CC(C)c1csc(Cc2cc3c(cc2F)c(=O)c(/C=C\C(=O)OC(C)(C)C)cn3C2CC2)n1. The number of carbonyl (C=O) groups excluding carboxylic acids is 1. The Balaban J connectivity index is 1.73. The first kappa shape index (κ1) is 23.4. The normalized spacial score (nSPS) is 14.5. The molecule has 1 aliphatic carbocycles. The fourth-order valence-corrected chi connectivity index (χ4v) is 4.65. The number of thiazole rings is 1. The van der Waals surface area contributed by atoms with E-state index in [1.165, 1.54) is 29.6 Å². The minimum absolute atomic E-state index is 0.271. The van der Waals surface area contributed by atoms with Crippen LogP contribution in [0.3, 0.4) is 0 Å². The van der Waals surface area contributed by atoms with Gasteiger partial charge in [-0.1, -0.05) is 13.8 Å². The fourth-order valence-electron chi connectivity index (χ4n) is 3.67. The summed E-state index contributed by atoms with van der Waals surface area (Å²) in [6.07, 6.45) is 6.88. The van der Waals surface area contributed by atoms with Crippen LogP contribution in [0.1, 0.15) is 81.2 Å². The Hall–Kier alpha value is -2.80. The van der Waals surface area contributed by atoms with E-state index < -0.39 is 17.4 Å². The molecule has 0 unspecified atom stereocenters. The lowest BCUT2D eigenvalue weighted by atomic mass is 10.0. The summed E-state index contributed by atoms with van der Waals surface area (Å²) in [4.78, 5) is 29.8. The molecule has 0 amide bonds. The zero-order chi connectivity index (χ0) is 23.9. The van der Waals surface area contributed by atoms with E-state index in [1.54, 1.807) is 33.0 Å². The topological polar surface area (TPSA) is 61.2 Å². The first-order valence-corrected chi connectivity index (χ1v) is 12.1. The monoisotopic (exact) mass is 468 g/mol. The number of benzene rings is 1. The zero-order valence-electron chi connectivity index (χ0n) is 19.6. The number of nitrogens with zero attached hydrogens (tertiary/aromatic N) is 2. The molecule has 0 aliphatic heterocycles. The third-order valence-corrected chi connectivity index (χ3v) is 6.34. The summed E-state index contributed by atoms with van der Waals surface area (Å²) in [5.74, 6) is -0.620. The lowest BCUT2D eigenvalue weighted by molar-refractivity contribution is -0.148. The summed E-state index contributed by atoms with van der Waals surface area (Å²) in [6, 6.07) is 3.38. The van der Waals surface area contributed by atoms with Gasteiger partial charge in [-0.25, -0.2) is 14.2 Å². The molecule has 2 heterocycles. The van der Waals surface area contributed by atoms with Gasteiger partial charge in [0.25, 0.3) is 0 Å². The summed E-state index contributed by atoms with van der Waals surface area (Å²) in [7, 11) is 0. The molecule has 7 heteroatoms. The first-order valence-electron chi connectivity index (χ1n) is 11.2. The Kier molecular flexibility index (Phi) is 6.27. The van der Waals surface area contributed by atoms with Crippen LogP contribution in [0.25, 0.3) is 17.0 Å². The summed E-state index contributed by atoms with van der Waals surface area (Å²) in [5.41, 5.74) is 1.67. The molecule has 0 saturated heterocycles. The Morgan fingerprint density at radius 3 is 2.67 bits per heavy atom. The zero-order valence-corrected chi connectivity index (χ0v) is 20.5. The van der Waals surface area contributed by atoms with E-state index >= 15 is 4.39 Å². The van der Waals surface area contributed by atoms with Crippen LogP contribution >= 0.6 is 11.3 Å². The van der Waals surface area contributed by atoms with E-state index in [0.717, 1.165) is 23.5 Å². The van der Waals surface area contributed by atoms with Crippen LogP contribution in [0.5, 0.6) is 0 Å². The third-order valence-electron chi connectivity index (χ3n) is 5.48. The van der Waals surface area contributed by atoms with E-state index in [-0.39, 0.29) is 11.5 Å². The smallest absolute Gasteiger partial charge is 0.331 e. The largest absolute Gasteiger partial charge is 0.457 e. The molecule has 1 aromatic carbocycles. The Morgan fingerprint density at radius 2 is 2.06 bits per heavy atom. The average molecular weight is 469 g/mol. The molecule has 174 valence electrons. The molecular weight excluding hydrogens is 439 g/mol. The van der Waals surface area contributed by atoms with Crippen LogP contribution < -0.4 is 5.43 Å². The van der Waals surface area contributed by atoms with Gasteiger partial charge in [0.2, 0.25) is 0 Å². The number of halogens is 1. The highest BCUT2D eigenvalue weighted by molar-refractivity contribution is 7.09. The molecule has 33 heavy (non-hydrogen) atoms. The van der Waals surface area contributed by atoms with Crippen LogP contribution in [-0.4, -0.2) is 21.1 Å². The molecule has 2 aromatic heterocycles. The van der Waals surface area contributed by atoms with Gasteiger partial charge in [0, 0.05) is 41.1 Å². The van der Waals surface area contributed by atoms with Gasteiger partial charge in [-0.3, -0.25) is 4.79 Å². The van der Waals surface area contributed by atoms with Crippen LogP contribution in [0, 0.1) is 5.82 Å². The number of ether oxygens (including phenoxy) is 1. The molecule has 0 N–H and O–H groups in total. The highest BCUT2D eigenvalue weighted by Gasteiger charge is 2.26. The molecule has 1 fully saturated rings. The van der Waals surface area contributed by atoms with E-state index in [0.29, 0.717) is 34.4 Å². The molecule has 5 nitrogen and oxygen atoms in total. The summed E-state index contributed by atoms with van der Waals surface area (Å²) < 4.78 is 22.4. The molecule has 4 rings (SSSR count). The van der Waals surface area contributed by atoms with Crippen molar-refractivity contribution in [3.8, 4) is 0 Å². The van der Waals surface area contributed by atoms with E-state index in [1.807, 2.05) is 9.95 Å². The summed E-state index contributed by atoms with van der Waals surface area (Å²) in [5, 5.41) is 3.19. The van der Waals surface area contributed by atoms with Crippen molar-refractivity contribution in [3.63, 3.8) is 0 Å². The van der Waals surface area contributed by atoms with Gasteiger partial charge in [-0.15, -0.1) is 11.3 Å². The Labute approximate surface area is 196 Å². The Morgan fingerprint density at radius 1 is 1.33 bits per heavy atom. The second-order valence-electron chi connectivity index (χ2n) is 9.88. The number of rotatable bonds is 6. The molecule has 3 aromatic rings. The van der Waals surface area contributed by atoms with Crippen LogP contribution in [0.4, 0.5) is 4.39 Å². The molecular formula is C26H29FN2O3S. The van der Waals surface area contributed by atoms with Gasteiger partial charge in [0.05, 0.1) is 16.2 Å². The third kappa shape index (κ3) is 5.41. The quantitative estimate of drug-likeness (QED) is 0.329. The highest BCUT2D eigenvalue weighted by Crippen LogP contribution is 2.37. The van der Waals surface area contributed by atoms with E-state index in [4.69, 9.17) is 4.74 Å². The van der Waals surface area contributed by atoms with E-state index in [9.17, 15) is 9.59 Å². The number of esters is 1. The number of carbonyl (C=O) groups is 1. The van der Waals surface area contributed by atoms with Crippen molar-refractivity contribution in [1.82, 2.24) is 9.55 Å². The second kappa shape index (κ2) is 8.86. The van der Waals surface area contributed by atoms with Gasteiger partial charge in [-0.2, -0.15) is 0 Å². The molecule has 0 radical (unpaired) electrons. The van der Waals surface area contributed by atoms with Crippen LogP contribution in [0.2, 0.25) is 0 Å². The van der Waals surface area contributed by atoms with Crippen molar-refractivity contribution < 1.29 is 13.9 Å². The molecule has 0 bridgehead atoms. The molecule has 1 aliphatic rings. The van der Waals surface area contributed by atoms with Gasteiger partial charge < -0.3 is 9.30 Å². The van der Waals surface area contributed by atoms with Crippen molar-refractivity contribution >= 4 is 34.3 Å². The molecule has 0 atom stereocenters. The maximum absolute atomic E-state index is 15.1. The minimum atomic E-state index is -0.619. The molecule has 0 spiro atoms. The van der Waals surface area contributed by atoms with Gasteiger partial charge >= 0.3 is 5.97 Å². The number of hydrogen-bond donors (Lipinski definition) is 0. The van der Waals surface area contributed by atoms with E-state index in [2.05, 4.69) is 18.8 Å². The maximum atomic E-state index is 15.1. The average Bonchev–Trinajstić information content (AvgIpc) is 3.45. The molecule has 1 saturated carbocycles. The van der Waals surface area contributed by atoms with Crippen molar-refractivity contribution in [3.05, 3.63) is 67.7 Å².